The van der Waals surface area contributed by atoms with Crippen molar-refractivity contribution in [3.05, 3.63) is 72.6 Å². The highest BCUT2D eigenvalue weighted by Crippen LogP contribution is 2.39. The van der Waals surface area contributed by atoms with Gasteiger partial charge >= 0.3 is 6.09 Å². The fourth-order valence-corrected chi connectivity index (χ4v) is 6.76. The quantitative estimate of drug-likeness (QED) is 0.326. The van der Waals surface area contributed by atoms with Gasteiger partial charge in [0.15, 0.2) is 0 Å². The molecule has 1 amide bonds. The maximum absolute atomic E-state index is 13.3. The van der Waals surface area contributed by atoms with E-state index in [-0.39, 0.29) is 16.6 Å². The number of amides is 1. The van der Waals surface area contributed by atoms with Gasteiger partial charge in [0.25, 0.3) is 0 Å². The van der Waals surface area contributed by atoms with Gasteiger partial charge in [-0.1, -0.05) is 30.3 Å². The summed E-state index contributed by atoms with van der Waals surface area (Å²) in [6, 6.07) is 16.4. The molecule has 234 valence electrons. The highest BCUT2D eigenvalue weighted by Gasteiger charge is 2.43. The summed E-state index contributed by atoms with van der Waals surface area (Å²) in [6.07, 6.45) is 6.69. The molecule has 3 fully saturated rings. The van der Waals surface area contributed by atoms with E-state index in [1.807, 2.05) is 42.2 Å². The molecular weight excluding hydrogens is 582 g/mol. The second kappa shape index (κ2) is 13.0. The summed E-state index contributed by atoms with van der Waals surface area (Å²) in [5.74, 6) is 2.10. The van der Waals surface area contributed by atoms with Gasteiger partial charge in [-0.2, -0.15) is 4.31 Å². The molecule has 0 bridgehead atoms. The van der Waals surface area contributed by atoms with Gasteiger partial charge < -0.3 is 24.0 Å². The third kappa shape index (κ3) is 7.41. The van der Waals surface area contributed by atoms with Crippen molar-refractivity contribution >= 4 is 21.9 Å². The first-order valence-electron chi connectivity index (χ1n) is 15.2. The Balaban J connectivity index is 0.931. The number of carbonyl (C=O) groups is 1. The minimum absolute atomic E-state index is 0.205. The molecule has 0 atom stereocenters. The minimum atomic E-state index is -3.62. The average molecular weight is 622 g/mol. The fraction of sp³-hybridized carbons (Fsp3) is 0.469. The molecule has 1 aliphatic carbocycles. The lowest BCUT2D eigenvalue weighted by Gasteiger charge is -2.34. The van der Waals surface area contributed by atoms with E-state index < -0.39 is 10.0 Å². The van der Waals surface area contributed by atoms with E-state index in [1.165, 1.54) is 4.31 Å². The van der Waals surface area contributed by atoms with Gasteiger partial charge in [0, 0.05) is 39.3 Å². The van der Waals surface area contributed by atoms with Crippen LogP contribution < -0.4 is 14.4 Å². The van der Waals surface area contributed by atoms with Crippen LogP contribution in [0.15, 0.2) is 71.9 Å². The summed E-state index contributed by atoms with van der Waals surface area (Å²) in [7, 11) is -3.62. The Morgan fingerprint density at radius 3 is 2.23 bits per heavy atom. The molecule has 11 nitrogen and oxygen atoms in total. The molecule has 1 saturated carbocycles. The molecule has 1 aromatic heterocycles. The van der Waals surface area contributed by atoms with E-state index in [4.69, 9.17) is 14.2 Å². The molecule has 2 saturated heterocycles. The third-order valence-corrected chi connectivity index (χ3v) is 10.4. The molecule has 6 rings (SSSR count). The van der Waals surface area contributed by atoms with Crippen LogP contribution in [0.3, 0.4) is 0 Å². The number of hydrogen-bond acceptors (Lipinski definition) is 9. The predicted molar refractivity (Wildman–Crippen MR) is 164 cm³/mol. The molecule has 3 aromatic rings. The summed E-state index contributed by atoms with van der Waals surface area (Å²) in [5, 5.41) is 0. The number of anilines is 1. The fourth-order valence-electron chi connectivity index (χ4n) is 5.34. The highest BCUT2D eigenvalue weighted by atomic mass is 32.2. The number of hydrogen-bond donors (Lipinski definition) is 0. The van der Waals surface area contributed by atoms with Gasteiger partial charge in [-0.15, -0.1) is 0 Å². The number of benzene rings is 2. The van der Waals surface area contributed by atoms with Crippen LogP contribution in [-0.2, 0) is 21.4 Å². The van der Waals surface area contributed by atoms with E-state index in [9.17, 15) is 13.2 Å². The van der Waals surface area contributed by atoms with Gasteiger partial charge in [0.05, 0.1) is 23.9 Å². The Hall–Kier alpha value is -3.90. The number of nitrogens with zero attached hydrogens (tertiary/aromatic N) is 5. The molecule has 0 unspecified atom stereocenters. The number of piperidine rings is 1. The SMILES string of the molecule is CC1(OC(=O)N2CCC(COc3cnc(N4CCN(S(=O)(=O)c5ccc(OCc6ccccc6)cc5)CC4)cn3)CC2)CC1. The van der Waals surface area contributed by atoms with Crippen molar-refractivity contribution < 1.29 is 27.4 Å². The summed E-state index contributed by atoms with van der Waals surface area (Å²) >= 11 is 0. The first-order valence-corrected chi connectivity index (χ1v) is 16.7. The van der Waals surface area contributed by atoms with Gasteiger partial charge in [0.2, 0.25) is 15.9 Å². The van der Waals surface area contributed by atoms with Crippen LogP contribution in [0.1, 0.15) is 38.2 Å². The molecular formula is C32H39N5O6S. The van der Waals surface area contributed by atoms with Gasteiger partial charge in [-0.3, -0.25) is 0 Å². The van der Waals surface area contributed by atoms with E-state index >= 15 is 0 Å². The van der Waals surface area contributed by atoms with E-state index in [1.54, 1.807) is 41.6 Å². The second-order valence-electron chi connectivity index (χ2n) is 11.9. The summed E-state index contributed by atoms with van der Waals surface area (Å²) in [5.41, 5.74) is 0.795. The Labute approximate surface area is 258 Å². The molecule has 3 heterocycles. The van der Waals surface area contributed by atoms with Gasteiger partial charge in [0.1, 0.15) is 23.8 Å². The smallest absolute Gasteiger partial charge is 0.410 e. The first-order chi connectivity index (χ1) is 21.3. The second-order valence-corrected chi connectivity index (χ2v) is 13.8. The Bertz CT molecular complexity index is 1500. The lowest BCUT2D eigenvalue weighted by atomic mass is 9.98. The van der Waals surface area contributed by atoms with Crippen LogP contribution in [0.4, 0.5) is 10.6 Å². The zero-order chi connectivity index (χ0) is 30.6. The molecule has 3 aliphatic rings. The monoisotopic (exact) mass is 621 g/mol. The number of sulfonamides is 1. The molecule has 0 radical (unpaired) electrons. The van der Waals surface area contributed by atoms with Gasteiger partial charge in [-0.05, 0) is 68.4 Å². The zero-order valence-corrected chi connectivity index (χ0v) is 25.8. The van der Waals surface area contributed by atoms with Gasteiger partial charge in [-0.25, -0.2) is 23.2 Å². The van der Waals surface area contributed by atoms with Crippen molar-refractivity contribution in [2.24, 2.45) is 5.92 Å². The lowest BCUT2D eigenvalue weighted by molar-refractivity contribution is 0.0454. The van der Waals surface area contributed by atoms with Crippen LogP contribution in [0.2, 0.25) is 0 Å². The standard InChI is InChI=1S/C32H39N5O6S/c1-32(13-14-32)43-31(38)36-15-11-26(12-16-36)24-42-30-22-33-29(21-34-30)35-17-19-37(20-18-35)44(39,40)28-9-7-27(8-10-28)41-23-25-5-3-2-4-6-25/h2-10,21-22,26H,11-20,23-24H2,1H3. The van der Waals surface area contributed by atoms with Crippen molar-refractivity contribution in [1.82, 2.24) is 19.2 Å². The Morgan fingerprint density at radius 2 is 1.59 bits per heavy atom. The van der Waals surface area contributed by atoms with Crippen molar-refractivity contribution in [3.8, 4) is 11.6 Å². The summed E-state index contributed by atoms with van der Waals surface area (Å²) in [4.78, 5) is 25.3. The van der Waals surface area contributed by atoms with Crippen molar-refractivity contribution in [1.29, 1.82) is 0 Å². The molecule has 0 N–H and O–H groups in total. The number of ether oxygens (including phenoxy) is 3. The highest BCUT2D eigenvalue weighted by molar-refractivity contribution is 7.89. The average Bonchev–Trinajstić information content (AvgIpc) is 3.80. The van der Waals surface area contributed by atoms with Crippen LogP contribution in [-0.4, -0.2) is 85.2 Å². The van der Waals surface area contributed by atoms with Crippen LogP contribution in [0, 0.1) is 5.92 Å². The Morgan fingerprint density at radius 1 is 0.886 bits per heavy atom. The van der Waals surface area contributed by atoms with Crippen molar-refractivity contribution in [3.63, 3.8) is 0 Å². The third-order valence-electron chi connectivity index (χ3n) is 8.51. The topological polar surface area (TPSA) is 114 Å². The molecule has 0 spiro atoms. The molecule has 44 heavy (non-hydrogen) atoms. The largest absolute Gasteiger partial charge is 0.489 e. The summed E-state index contributed by atoms with van der Waals surface area (Å²) < 4.78 is 45.3. The molecule has 2 aromatic carbocycles. The predicted octanol–water partition coefficient (Wildman–Crippen LogP) is 4.35. The van der Waals surface area contributed by atoms with E-state index in [2.05, 4.69) is 9.97 Å². The maximum atomic E-state index is 13.3. The number of aromatic nitrogens is 2. The van der Waals surface area contributed by atoms with Crippen molar-refractivity contribution in [2.75, 3.05) is 50.8 Å². The first kappa shape index (κ1) is 30.1. The Kier molecular flexibility index (Phi) is 8.90. The van der Waals surface area contributed by atoms with Crippen LogP contribution in [0.25, 0.3) is 0 Å². The van der Waals surface area contributed by atoms with Crippen molar-refractivity contribution in [2.45, 2.75) is 49.7 Å². The number of rotatable bonds is 10. The maximum Gasteiger partial charge on any atom is 0.410 e. The van der Waals surface area contributed by atoms with Crippen LogP contribution in [0.5, 0.6) is 11.6 Å². The number of likely N-dealkylation sites (tertiary alicyclic amines) is 1. The minimum Gasteiger partial charge on any atom is -0.489 e. The van der Waals surface area contributed by atoms with E-state index in [0.717, 1.165) is 31.2 Å². The molecule has 12 heteroatoms. The normalized spacial score (nSPS) is 18.9. The summed E-state index contributed by atoms with van der Waals surface area (Å²) in [6.45, 7) is 5.97. The zero-order valence-electron chi connectivity index (χ0n) is 25.0. The number of carbonyl (C=O) groups excluding carboxylic acids is 1. The molecule has 2 aliphatic heterocycles. The van der Waals surface area contributed by atoms with E-state index in [0.29, 0.717) is 75.8 Å². The lowest BCUT2D eigenvalue weighted by Crippen LogP contribution is -2.48. The van der Waals surface area contributed by atoms with Crippen LogP contribution >= 0.6 is 0 Å². The number of piperazine rings is 1.